The largest absolute Gasteiger partial charge is 0.494 e. The van der Waals surface area contributed by atoms with Gasteiger partial charge in [0.05, 0.1) is 6.61 Å². The Hall–Kier alpha value is -1.75. The molecule has 1 heterocycles. The molecule has 2 aliphatic rings. The molecule has 4 atom stereocenters. The summed E-state index contributed by atoms with van der Waals surface area (Å²) >= 11 is 0. The molecule has 1 aromatic rings. The minimum Gasteiger partial charge on any atom is -0.494 e. The van der Waals surface area contributed by atoms with Crippen molar-refractivity contribution in [2.24, 2.45) is 5.92 Å². The van der Waals surface area contributed by atoms with E-state index >= 15 is 0 Å². The molecule has 1 fully saturated rings. The summed E-state index contributed by atoms with van der Waals surface area (Å²) in [5.74, 6) is 2.29. The highest BCUT2D eigenvalue weighted by Gasteiger charge is 2.46. The molecule has 1 aliphatic carbocycles. The fraction of sp³-hybridized carbons (Fsp3) is 0.632. The minimum absolute atomic E-state index is 0.0464. The van der Waals surface area contributed by atoms with Crippen molar-refractivity contribution in [3.63, 3.8) is 0 Å². The predicted octanol–water partition coefficient (Wildman–Crippen LogP) is 2.24. The molecule has 5 nitrogen and oxygen atoms in total. The lowest BCUT2D eigenvalue weighted by atomic mass is 10.0. The summed E-state index contributed by atoms with van der Waals surface area (Å²) in [6, 6.07) is 4.48. The van der Waals surface area contributed by atoms with E-state index in [1.54, 1.807) is 0 Å². The van der Waals surface area contributed by atoms with Crippen molar-refractivity contribution in [3.8, 4) is 11.5 Å². The van der Waals surface area contributed by atoms with Gasteiger partial charge in [-0.3, -0.25) is 4.79 Å². The van der Waals surface area contributed by atoms with E-state index in [2.05, 4.69) is 36.6 Å². The van der Waals surface area contributed by atoms with Crippen molar-refractivity contribution in [1.82, 2.24) is 10.6 Å². The number of carbonyl (C=O) groups is 1. The van der Waals surface area contributed by atoms with Gasteiger partial charge in [0.25, 0.3) is 0 Å². The molecule has 0 radical (unpaired) electrons. The Morgan fingerprint density at radius 2 is 2.25 bits per heavy atom. The molecule has 24 heavy (non-hydrogen) atoms. The maximum absolute atomic E-state index is 12.4. The van der Waals surface area contributed by atoms with E-state index in [0.29, 0.717) is 13.2 Å². The number of nitrogens with one attached hydrogen (secondary N) is 2. The number of carbonyl (C=O) groups excluding carboxylic acids is 1. The smallest absolute Gasteiger partial charge is 0.223 e. The number of amides is 1. The Bertz CT molecular complexity index is 617. The summed E-state index contributed by atoms with van der Waals surface area (Å²) in [7, 11) is 1.90. The van der Waals surface area contributed by atoms with Crippen molar-refractivity contribution >= 4 is 5.91 Å². The minimum atomic E-state index is 0.0464. The normalized spacial score (nSPS) is 25.6. The number of ether oxygens (including phenoxy) is 2. The number of hydrogen-bond donors (Lipinski definition) is 2. The van der Waals surface area contributed by atoms with Gasteiger partial charge >= 0.3 is 0 Å². The highest BCUT2D eigenvalue weighted by molar-refractivity contribution is 5.83. The molecule has 132 valence electrons. The van der Waals surface area contributed by atoms with E-state index < -0.39 is 0 Å². The van der Waals surface area contributed by atoms with Gasteiger partial charge in [0.1, 0.15) is 17.6 Å². The van der Waals surface area contributed by atoms with Crippen LogP contribution < -0.4 is 20.1 Å². The Balaban J connectivity index is 1.71. The maximum atomic E-state index is 12.4. The second-order valence-corrected chi connectivity index (χ2v) is 6.95. The van der Waals surface area contributed by atoms with Gasteiger partial charge in [-0.05, 0) is 46.4 Å². The SMILES string of the molecule is CCOc1cc2c(cc1C1CC1C(=O)NCC(C)NC)OC(C)C2. The molecule has 1 amide bonds. The van der Waals surface area contributed by atoms with Gasteiger partial charge in [0.2, 0.25) is 5.91 Å². The van der Waals surface area contributed by atoms with Crippen LogP contribution in [0, 0.1) is 5.92 Å². The fourth-order valence-electron chi connectivity index (χ4n) is 3.34. The summed E-state index contributed by atoms with van der Waals surface area (Å²) in [5.41, 5.74) is 2.32. The van der Waals surface area contributed by atoms with Gasteiger partial charge in [-0.2, -0.15) is 0 Å². The maximum Gasteiger partial charge on any atom is 0.223 e. The van der Waals surface area contributed by atoms with Crippen LogP contribution in [-0.2, 0) is 11.2 Å². The Morgan fingerprint density at radius 3 is 2.96 bits per heavy atom. The molecule has 1 aromatic carbocycles. The Labute approximate surface area is 144 Å². The van der Waals surface area contributed by atoms with Crippen molar-refractivity contribution in [2.45, 2.75) is 51.7 Å². The van der Waals surface area contributed by atoms with Crippen LogP contribution in [-0.4, -0.2) is 38.3 Å². The molecular formula is C19H28N2O3. The Morgan fingerprint density at radius 1 is 1.46 bits per heavy atom. The average molecular weight is 332 g/mol. The van der Waals surface area contributed by atoms with Crippen molar-refractivity contribution in [3.05, 3.63) is 23.3 Å². The molecule has 1 aliphatic heterocycles. The monoisotopic (exact) mass is 332 g/mol. The number of benzene rings is 1. The highest BCUT2D eigenvalue weighted by Crippen LogP contribution is 2.52. The van der Waals surface area contributed by atoms with Crippen LogP contribution in [0.1, 0.15) is 44.2 Å². The number of hydrogen-bond acceptors (Lipinski definition) is 4. The molecule has 1 saturated carbocycles. The van der Waals surface area contributed by atoms with Gasteiger partial charge in [-0.15, -0.1) is 0 Å². The Kier molecular flexibility index (Phi) is 4.99. The standard InChI is InChI=1S/C19H28N2O3/c1-5-23-18-7-13-6-12(3)24-17(13)9-15(18)14-8-16(14)19(22)21-10-11(2)20-4/h7,9,11-12,14,16,20H,5-6,8,10H2,1-4H3,(H,21,22). The summed E-state index contributed by atoms with van der Waals surface area (Å²) in [5, 5.41) is 6.16. The number of fused-ring (bicyclic) bond motifs is 1. The van der Waals surface area contributed by atoms with Crippen molar-refractivity contribution in [1.29, 1.82) is 0 Å². The summed E-state index contributed by atoms with van der Waals surface area (Å²) in [4.78, 5) is 12.4. The number of likely N-dealkylation sites (N-methyl/N-ethyl adjacent to an activating group) is 1. The summed E-state index contributed by atoms with van der Waals surface area (Å²) < 4.78 is 11.7. The zero-order chi connectivity index (χ0) is 17.3. The molecular weight excluding hydrogens is 304 g/mol. The first-order chi connectivity index (χ1) is 11.5. The van der Waals surface area contributed by atoms with E-state index in [-0.39, 0.29) is 29.9 Å². The third kappa shape index (κ3) is 3.51. The van der Waals surface area contributed by atoms with Crippen molar-refractivity contribution < 1.29 is 14.3 Å². The van der Waals surface area contributed by atoms with E-state index in [9.17, 15) is 4.79 Å². The average Bonchev–Trinajstić information content (AvgIpc) is 3.27. The number of rotatable bonds is 7. The van der Waals surface area contributed by atoms with E-state index in [0.717, 1.165) is 29.9 Å². The molecule has 5 heteroatoms. The van der Waals surface area contributed by atoms with Crippen LogP contribution in [0.5, 0.6) is 11.5 Å². The van der Waals surface area contributed by atoms with Crippen molar-refractivity contribution in [2.75, 3.05) is 20.2 Å². The molecule has 0 saturated heterocycles. The van der Waals surface area contributed by atoms with Crippen LogP contribution in [0.4, 0.5) is 0 Å². The van der Waals surface area contributed by atoms with E-state index in [1.807, 2.05) is 14.0 Å². The fourth-order valence-corrected chi connectivity index (χ4v) is 3.34. The van der Waals surface area contributed by atoms with Gasteiger partial charge in [0.15, 0.2) is 0 Å². The summed E-state index contributed by atoms with van der Waals surface area (Å²) in [6.07, 6.45) is 2.02. The molecule has 0 bridgehead atoms. The zero-order valence-electron chi connectivity index (χ0n) is 15.0. The van der Waals surface area contributed by atoms with Gasteiger partial charge in [-0.1, -0.05) is 0 Å². The highest BCUT2D eigenvalue weighted by atomic mass is 16.5. The first-order valence-corrected chi connectivity index (χ1v) is 8.94. The molecule has 4 unspecified atom stereocenters. The van der Waals surface area contributed by atoms with Crippen LogP contribution in [0.2, 0.25) is 0 Å². The summed E-state index contributed by atoms with van der Waals surface area (Å²) in [6.45, 7) is 7.41. The van der Waals surface area contributed by atoms with Gasteiger partial charge < -0.3 is 20.1 Å². The van der Waals surface area contributed by atoms with E-state index in [1.165, 1.54) is 5.56 Å². The molecule has 0 aromatic heterocycles. The third-order valence-electron chi connectivity index (χ3n) is 4.93. The van der Waals surface area contributed by atoms with E-state index in [4.69, 9.17) is 9.47 Å². The zero-order valence-corrected chi connectivity index (χ0v) is 15.0. The molecule has 0 spiro atoms. The van der Waals surface area contributed by atoms with Gasteiger partial charge in [-0.25, -0.2) is 0 Å². The molecule has 2 N–H and O–H groups in total. The first kappa shape index (κ1) is 17.1. The van der Waals surface area contributed by atoms with Crippen LogP contribution in [0.25, 0.3) is 0 Å². The predicted molar refractivity (Wildman–Crippen MR) is 93.8 cm³/mol. The van der Waals surface area contributed by atoms with Gasteiger partial charge in [0, 0.05) is 42.0 Å². The quantitative estimate of drug-likeness (QED) is 0.804. The lowest BCUT2D eigenvalue weighted by Crippen LogP contribution is -2.38. The molecule has 3 rings (SSSR count). The second kappa shape index (κ2) is 7.01. The lowest BCUT2D eigenvalue weighted by molar-refractivity contribution is -0.122. The third-order valence-corrected chi connectivity index (χ3v) is 4.93. The van der Waals surface area contributed by atoms with Crippen LogP contribution in [0.15, 0.2) is 12.1 Å². The van der Waals surface area contributed by atoms with Crippen LogP contribution >= 0.6 is 0 Å². The van der Waals surface area contributed by atoms with Crippen LogP contribution in [0.3, 0.4) is 0 Å². The lowest BCUT2D eigenvalue weighted by Gasteiger charge is -2.13. The topological polar surface area (TPSA) is 59.6 Å². The first-order valence-electron chi connectivity index (χ1n) is 8.94. The second-order valence-electron chi connectivity index (χ2n) is 6.95.